The minimum atomic E-state index is -0.843. The van der Waals surface area contributed by atoms with Crippen LogP contribution in [0.4, 0.5) is 0 Å². The molecule has 3 nitrogen and oxygen atoms in total. The van der Waals surface area contributed by atoms with Gasteiger partial charge in [0.1, 0.15) is 0 Å². The lowest BCUT2D eigenvalue weighted by molar-refractivity contribution is -0.139. The SMILES string of the molecule is CCOC(C(C)=O)C(C)=O. The molecule has 0 N–H and O–H groups in total. The third-order valence-electron chi connectivity index (χ3n) is 1.07. The molecule has 0 aliphatic rings. The first-order valence-electron chi connectivity index (χ1n) is 3.22. The summed E-state index contributed by atoms with van der Waals surface area (Å²) in [6.07, 6.45) is -0.843. The highest BCUT2D eigenvalue weighted by Gasteiger charge is 2.18. The van der Waals surface area contributed by atoms with Crippen LogP contribution in [0.15, 0.2) is 0 Å². The van der Waals surface area contributed by atoms with Crippen LogP contribution in [0.1, 0.15) is 20.8 Å². The topological polar surface area (TPSA) is 43.4 Å². The van der Waals surface area contributed by atoms with Crippen LogP contribution < -0.4 is 0 Å². The van der Waals surface area contributed by atoms with Gasteiger partial charge in [-0.15, -0.1) is 0 Å². The van der Waals surface area contributed by atoms with E-state index in [2.05, 4.69) is 0 Å². The monoisotopic (exact) mass is 144 g/mol. The lowest BCUT2D eigenvalue weighted by Gasteiger charge is -2.08. The minimum absolute atomic E-state index is 0.227. The third kappa shape index (κ3) is 2.73. The van der Waals surface area contributed by atoms with Crippen LogP contribution in [0.5, 0.6) is 0 Å². The van der Waals surface area contributed by atoms with Gasteiger partial charge in [-0.1, -0.05) is 0 Å². The Bertz CT molecular complexity index is 126. The lowest BCUT2D eigenvalue weighted by atomic mass is 10.2. The van der Waals surface area contributed by atoms with Gasteiger partial charge in [0.05, 0.1) is 0 Å². The van der Waals surface area contributed by atoms with Crippen molar-refractivity contribution < 1.29 is 14.3 Å². The van der Waals surface area contributed by atoms with E-state index in [1.807, 2.05) is 0 Å². The third-order valence-corrected chi connectivity index (χ3v) is 1.07. The van der Waals surface area contributed by atoms with Gasteiger partial charge < -0.3 is 4.74 Å². The molecule has 0 heterocycles. The second-order valence-corrected chi connectivity index (χ2v) is 2.06. The van der Waals surface area contributed by atoms with E-state index >= 15 is 0 Å². The van der Waals surface area contributed by atoms with Crippen molar-refractivity contribution in [1.29, 1.82) is 0 Å². The fourth-order valence-corrected chi connectivity index (χ4v) is 0.688. The number of hydrogen-bond acceptors (Lipinski definition) is 3. The van der Waals surface area contributed by atoms with Crippen molar-refractivity contribution in [1.82, 2.24) is 0 Å². The molecule has 0 aliphatic heterocycles. The Labute approximate surface area is 60.4 Å². The quantitative estimate of drug-likeness (QED) is 0.542. The number of rotatable bonds is 4. The maximum Gasteiger partial charge on any atom is 0.173 e. The molecule has 0 aromatic rings. The fourth-order valence-electron chi connectivity index (χ4n) is 0.688. The van der Waals surface area contributed by atoms with Gasteiger partial charge in [-0.3, -0.25) is 9.59 Å². The number of ether oxygens (including phenoxy) is 1. The van der Waals surface area contributed by atoms with Gasteiger partial charge in [-0.2, -0.15) is 0 Å². The molecule has 3 heteroatoms. The summed E-state index contributed by atoms with van der Waals surface area (Å²) < 4.78 is 4.87. The van der Waals surface area contributed by atoms with Gasteiger partial charge in [-0.25, -0.2) is 0 Å². The number of carbonyl (C=O) groups excluding carboxylic acids is 2. The average Bonchev–Trinajstić information content (AvgIpc) is 1.81. The molecular formula is C7H12O3. The highest BCUT2D eigenvalue weighted by Crippen LogP contribution is 1.94. The summed E-state index contributed by atoms with van der Waals surface area (Å²) in [7, 11) is 0. The van der Waals surface area contributed by atoms with E-state index in [9.17, 15) is 9.59 Å². The van der Waals surface area contributed by atoms with E-state index in [0.717, 1.165) is 0 Å². The van der Waals surface area contributed by atoms with Crippen molar-refractivity contribution in [3.05, 3.63) is 0 Å². The van der Waals surface area contributed by atoms with Crippen LogP contribution in [0.2, 0.25) is 0 Å². The van der Waals surface area contributed by atoms with Crippen molar-refractivity contribution in [3.8, 4) is 0 Å². The van der Waals surface area contributed by atoms with E-state index in [4.69, 9.17) is 4.74 Å². The largest absolute Gasteiger partial charge is 0.363 e. The second-order valence-electron chi connectivity index (χ2n) is 2.06. The molecule has 0 aliphatic carbocycles. The Balaban J connectivity index is 3.98. The molecule has 0 fully saturated rings. The van der Waals surface area contributed by atoms with Crippen LogP contribution in [0.25, 0.3) is 0 Å². The van der Waals surface area contributed by atoms with Crippen molar-refractivity contribution in [3.63, 3.8) is 0 Å². The normalized spacial score (nSPS) is 10.0. The second kappa shape index (κ2) is 4.17. The van der Waals surface area contributed by atoms with Gasteiger partial charge in [-0.05, 0) is 20.8 Å². The number of carbonyl (C=O) groups is 2. The molecule has 0 radical (unpaired) electrons. The summed E-state index contributed by atoms with van der Waals surface area (Å²) in [5.41, 5.74) is 0. The molecule has 0 unspecified atom stereocenters. The zero-order valence-corrected chi connectivity index (χ0v) is 6.51. The Hall–Kier alpha value is -0.700. The fraction of sp³-hybridized carbons (Fsp3) is 0.714. The first kappa shape index (κ1) is 9.30. The minimum Gasteiger partial charge on any atom is -0.363 e. The van der Waals surface area contributed by atoms with E-state index in [0.29, 0.717) is 6.61 Å². The molecule has 0 aromatic heterocycles. The first-order valence-corrected chi connectivity index (χ1v) is 3.22. The molecule has 0 amide bonds. The lowest BCUT2D eigenvalue weighted by Crippen LogP contribution is -2.29. The molecule has 0 aromatic carbocycles. The summed E-state index contributed by atoms with van der Waals surface area (Å²) in [4.78, 5) is 21.3. The molecular weight excluding hydrogens is 132 g/mol. The van der Waals surface area contributed by atoms with E-state index in [1.54, 1.807) is 6.92 Å². The number of hydrogen-bond donors (Lipinski definition) is 0. The van der Waals surface area contributed by atoms with Crippen molar-refractivity contribution >= 4 is 11.6 Å². The molecule has 0 saturated carbocycles. The predicted molar refractivity (Wildman–Crippen MR) is 36.8 cm³/mol. The van der Waals surface area contributed by atoms with Crippen LogP contribution >= 0.6 is 0 Å². The summed E-state index contributed by atoms with van der Waals surface area (Å²) in [5.74, 6) is -0.455. The average molecular weight is 144 g/mol. The molecule has 0 rings (SSSR count). The summed E-state index contributed by atoms with van der Waals surface area (Å²) in [6.45, 7) is 4.84. The zero-order valence-electron chi connectivity index (χ0n) is 6.51. The van der Waals surface area contributed by atoms with Crippen molar-refractivity contribution in [2.75, 3.05) is 6.61 Å². The van der Waals surface area contributed by atoms with Gasteiger partial charge in [0.25, 0.3) is 0 Å². The zero-order chi connectivity index (χ0) is 8.15. The Morgan fingerprint density at radius 3 is 1.80 bits per heavy atom. The van der Waals surface area contributed by atoms with E-state index < -0.39 is 6.10 Å². The van der Waals surface area contributed by atoms with Crippen LogP contribution in [-0.2, 0) is 14.3 Å². The summed E-state index contributed by atoms with van der Waals surface area (Å²) in [6, 6.07) is 0. The standard InChI is InChI=1S/C7H12O3/c1-4-10-7(5(2)8)6(3)9/h7H,4H2,1-3H3. The molecule has 10 heavy (non-hydrogen) atoms. The maximum absolute atomic E-state index is 10.6. The highest BCUT2D eigenvalue weighted by atomic mass is 16.5. The molecule has 58 valence electrons. The molecule has 0 saturated heterocycles. The van der Waals surface area contributed by atoms with Crippen LogP contribution in [0.3, 0.4) is 0 Å². The Morgan fingerprint density at radius 2 is 1.70 bits per heavy atom. The Kier molecular flexibility index (Phi) is 3.88. The molecule has 0 spiro atoms. The van der Waals surface area contributed by atoms with Crippen molar-refractivity contribution in [2.45, 2.75) is 26.9 Å². The van der Waals surface area contributed by atoms with Gasteiger partial charge in [0, 0.05) is 6.61 Å². The van der Waals surface area contributed by atoms with Gasteiger partial charge in [0.2, 0.25) is 0 Å². The number of ketones is 2. The van der Waals surface area contributed by atoms with E-state index in [-0.39, 0.29) is 11.6 Å². The van der Waals surface area contributed by atoms with Crippen molar-refractivity contribution in [2.24, 2.45) is 0 Å². The number of Topliss-reactive ketones (excluding diaryl/α,β-unsaturated/α-hetero) is 2. The maximum atomic E-state index is 10.6. The van der Waals surface area contributed by atoms with E-state index in [1.165, 1.54) is 13.8 Å². The van der Waals surface area contributed by atoms with Crippen LogP contribution in [-0.4, -0.2) is 24.3 Å². The Morgan fingerprint density at radius 1 is 1.30 bits per heavy atom. The highest BCUT2D eigenvalue weighted by molar-refractivity contribution is 6.03. The van der Waals surface area contributed by atoms with Gasteiger partial charge >= 0.3 is 0 Å². The van der Waals surface area contributed by atoms with Gasteiger partial charge in [0.15, 0.2) is 17.7 Å². The van der Waals surface area contributed by atoms with Crippen LogP contribution in [0, 0.1) is 0 Å². The summed E-state index contributed by atoms with van der Waals surface area (Å²) in [5, 5.41) is 0. The summed E-state index contributed by atoms with van der Waals surface area (Å²) >= 11 is 0. The smallest absolute Gasteiger partial charge is 0.173 e. The predicted octanol–water partition coefficient (Wildman–Crippen LogP) is 0.570. The molecule has 0 atom stereocenters. The molecule has 0 bridgehead atoms. The first-order chi connectivity index (χ1) is 4.59.